The van der Waals surface area contributed by atoms with Crippen molar-refractivity contribution < 1.29 is 9.59 Å². The van der Waals surface area contributed by atoms with E-state index < -0.39 is 0 Å². The number of fused-ring (bicyclic) bond motifs is 1. The molecule has 1 heterocycles. The van der Waals surface area contributed by atoms with Gasteiger partial charge in [-0.3, -0.25) is 14.5 Å². The molecule has 0 atom stereocenters. The zero-order valence-electron chi connectivity index (χ0n) is 16.4. The fourth-order valence-electron chi connectivity index (χ4n) is 3.70. The van der Waals surface area contributed by atoms with Crippen molar-refractivity contribution in [2.75, 3.05) is 32.7 Å². The number of benzene rings is 3. The Hall–Kier alpha value is -3.18. The third-order valence-electron chi connectivity index (χ3n) is 5.39. The molecule has 148 valence electrons. The molecule has 3 aromatic rings. The molecule has 1 N–H and O–H groups in total. The van der Waals surface area contributed by atoms with Gasteiger partial charge in [-0.05, 0) is 28.5 Å². The van der Waals surface area contributed by atoms with Crippen LogP contribution in [0.4, 0.5) is 0 Å². The van der Waals surface area contributed by atoms with Crippen molar-refractivity contribution >= 4 is 22.6 Å². The zero-order valence-corrected chi connectivity index (χ0v) is 16.4. The molecule has 0 saturated carbocycles. The summed E-state index contributed by atoms with van der Waals surface area (Å²) in [7, 11) is 0. The smallest absolute Gasteiger partial charge is 0.251 e. The number of carbonyl (C=O) groups excluding carboxylic acids is 2. The third-order valence-corrected chi connectivity index (χ3v) is 5.39. The van der Waals surface area contributed by atoms with Crippen LogP contribution in [0, 0.1) is 0 Å². The first-order valence-corrected chi connectivity index (χ1v) is 10.00. The second-order valence-electron chi connectivity index (χ2n) is 7.39. The highest BCUT2D eigenvalue weighted by molar-refractivity contribution is 6.00. The van der Waals surface area contributed by atoms with E-state index in [1.165, 1.54) is 5.56 Å². The number of rotatable bonds is 5. The van der Waals surface area contributed by atoms with Crippen LogP contribution in [-0.4, -0.2) is 54.3 Å². The Balaban J connectivity index is 1.26. The summed E-state index contributed by atoms with van der Waals surface area (Å²) in [5.74, 6) is -0.245. The molecular weight excluding hydrogens is 362 g/mol. The lowest BCUT2D eigenvalue weighted by Crippen LogP contribution is -2.50. The minimum Gasteiger partial charge on any atom is -0.343 e. The Bertz CT molecular complexity index is 995. The van der Waals surface area contributed by atoms with Crippen molar-refractivity contribution in [2.45, 2.75) is 6.54 Å². The van der Waals surface area contributed by atoms with E-state index in [0.29, 0.717) is 18.7 Å². The van der Waals surface area contributed by atoms with Crippen LogP contribution < -0.4 is 5.32 Å². The molecule has 1 saturated heterocycles. The van der Waals surface area contributed by atoms with Gasteiger partial charge in [-0.15, -0.1) is 0 Å². The summed E-state index contributed by atoms with van der Waals surface area (Å²) in [5, 5.41) is 4.87. The topological polar surface area (TPSA) is 52.7 Å². The van der Waals surface area contributed by atoms with Crippen molar-refractivity contribution in [1.82, 2.24) is 15.1 Å². The van der Waals surface area contributed by atoms with Crippen LogP contribution >= 0.6 is 0 Å². The molecule has 29 heavy (non-hydrogen) atoms. The maximum Gasteiger partial charge on any atom is 0.251 e. The molecule has 0 aromatic heterocycles. The van der Waals surface area contributed by atoms with E-state index in [0.717, 1.165) is 30.4 Å². The summed E-state index contributed by atoms with van der Waals surface area (Å²) in [6.45, 7) is 4.01. The predicted octanol–water partition coefficient (Wildman–Crippen LogP) is 2.91. The molecule has 0 unspecified atom stereocenters. The molecule has 0 bridgehead atoms. The lowest BCUT2D eigenvalue weighted by atomic mass is 10.1. The molecule has 0 aliphatic carbocycles. The quantitative estimate of drug-likeness (QED) is 0.732. The van der Waals surface area contributed by atoms with E-state index in [9.17, 15) is 9.59 Å². The number of hydrogen-bond acceptors (Lipinski definition) is 3. The highest BCUT2D eigenvalue weighted by Gasteiger charge is 2.21. The van der Waals surface area contributed by atoms with E-state index in [2.05, 4.69) is 22.3 Å². The Morgan fingerprint density at radius 3 is 2.24 bits per heavy atom. The number of hydrogen-bond donors (Lipinski definition) is 1. The summed E-state index contributed by atoms with van der Waals surface area (Å²) in [6, 6.07) is 23.9. The molecule has 0 radical (unpaired) electrons. The van der Waals surface area contributed by atoms with Gasteiger partial charge in [-0.2, -0.15) is 0 Å². The molecule has 1 aliphatic rings. The number of piperazine rings is 1. The molecule has 0 spiro atoms. The molecule has 3 aromatic carbocycles. The number of nitrogens with one attached hydrogen (secondary N) is 1. The molecule has 1 aliphatic heterocycles. The van der Waals surface area contributed by atoms with Gasteiger partial charge in [0, 0.05) is 38.3 Å². The van der Waals surface area contributed by atoms with Crippen molar-refractivity contribution in [1.29, 1.82) is 0 Å². The van der Waals surface area contributed by atoms with Crippen molar-refractivity contribution in [2.24, 2.45) is 0 Å². The molecule has 1 fully saturated rings. The maximum absolute atomic E-state index is 12.5. The Morgan fingerprint density at radius 2 is 1.48 bits per heavy atom. The molecule has 5 heteroatoms. The van der Waals surface area contributed by atoms with Gasteiger partial charge in [0.15, 0.2) is 0 Å². The summed E-state index contributed by atoms with van der Waals surface area (Å²) in [4.78, 5) is 29.1. The summed E-state index contributed by atoms with van der Waals surface area (Å²) in [5.41, 5.74) is 1.86. The largest absolute Gasteiger partial charge is 0.343 e. The Labute approximate surface area is 170 Å². The van der Waals surface area contributed by atoms with Crippen LogP contribution in [0.2, 0.25) is 0 Å². The van der Waals surface area contributed by atoms with Gasteiger partial charge >= 0.3 is 0 Å². The monoisotopic (exact) mass is 387 g/mol. The first-order chi connectivity index (χ1) is 14.2. The highest BCUT2D eigenvalue weighted by Crippen LogP contribution is 2.15. The van der Waals surface area contributed by atoms with Crippen LogP contribution in [0.1, 0.15) is 15.9 Å². The van der Waals surface area contributed by atoms with Crippen molar-refractivity contribution in [3.05, 3.63) is 83.9 Å². The molecule has 5 nitrogen and oxygen atoms in total. The van der Waals surface area contributed by atoms with E-state index in [-0.39, 0.29) is 18.4 Å². The van der Waals surface area contributed by atoms with Crippen LogP contribution in [0.5, 0.6) is 0 Å². The highest BCUT2D eigenvalue weighted by atomic mass is 16.2. The lowest BCUT2D eigenvalue weighted by Gasteiger charge is -2.34. The SMILES string of the molecule is O=C(NCC(=O)N1CCN(Cc2ccccc2)CC1)c1ccc2ccccc2c1. The van der Waals surface area contributed by atoms with E-state index in [1.54, 1.807) is 6.07 Å². The minimum absolute atomic E-state index is 0.0292. The van der Waals surface area contributed by atoms with Crippen LogP contribution in [0.25, 0.3) is 10.8 Å². The minimum atomic E-state index is -0.216. The van der Waals surface area contributed by atoms with E-state index >= 15 is 0 Å². The summed E-state index contributed by atoms with van der Waals surface area (Å²) >= 11 is 0. The summed E-state index contributed by atoms with van der Waals surface area (Å²) in [6.07, 6.45) is 0. The van der Waals surface area contributed by atoms with Crippen LogP contribution in [-0.2, 0) is 11.3 Å². The standard InChI is InChI=1S/C24H25N3O2/c28-23(27-14-12-26(13-15-27)18-19-6-2-1-3-7-19)17-25-24(29)22-11-10-20-8-4-5-9-21(20)16-22/h1-11,16H,12-15,17-18H2,(H,25,29). The van der Waals surface area contributed by atoms with Gasteiger partial charge in [0.25, 0.3) is 5.91 Å². The molecular formula is C24H25N3O2. The average Bonchev–Trinajstić information content (AvgIpc) is 2.78. The van der Waals surface area contributed by atoms with Gasteiger partial charge in [0.2, 0.25) is 5.91 Å². The second-order valence-corrected chi connectivity index (χ2v) is 7.39. The van der Waals surface area contributed by atoms with E-state index in [4.69, 9.17) is 0 Å². The number of nitrogens with zero attached hydrogens (tertiary/aromatic N) is 2. The zero-order chi connectivity index (χ0) is 20.1. The van der Waals surface area contributed by atoms with Gasteiger partial charge in [-0.1, -0.05) is 60.7 Å². The number of amides is 2. The maximum atomic E-state index is 12.5. The van der Waals surface area contributed by atoms with E-state index in [1.807, 2.05) is 59.5 Å². The van der Waals surface area contributed by atoms with Gasteiger partial charge < -0.3 is 10.2 Å². The van der Waals surface area contributed by atoms with Gasteiger partial charge in [-0.25, -0.2) is 0 Å². The van der Waals surface area contributed by atoms with Gasteiger partial charge in [0.1, 0.15) is 0 Å². The Morgan fingerprint density at radius 1 is 0.793 bits per heavy atom. The first kappa shape index (κ1) is 19.2. The second kappa shape index (κ2) is 8.88. The fraction of sp³-hybridized carbons (Fsp3) is 0.250. The fourth-order valence-corrected chi connectivity index (χ4v) is 3.70. The Kier molecular flexibility index (Phi) is 5.86. The average molecular weight is 387 g/mol. The van der Waals surface area contributed by atoms with Crippen LogP contribution in [0.3, 0.4) is 0 Å². The van der Waals surface area contributed by atoms with Crippen LogP contribution in [0.15, 0.2) is 72.8 Å². The predicted molar refractivity (Wildman–Crippen MR) is 115 cm³/mol. The van der Waals surface area contributed by atoms with Crippen molar-refractivity contribution in [3.8, 4) is 0 Å². The number of carbonyl (C=O) groups is 2. The molecule has 2 amide bonds. The van der Waals surface area contributed by atoms with Crippen molar-refractivity contribution in [3.63, 3.8) is 0 Å². The summed E-state index contributed by atoms with van der Waals surface area (Å²) < 4.78 is 0. The first-order valence-electron chi connectivity index (χ1n) is 10.00. The molecule has 4 rings (SSSR count). The lowest BCUT2D eigenvalue weighted by molar-refractivity contribution is -0.131. The normalized spacial score (nSPS) is 14.7. The van der Waals surface area contributed by atoms with Gasteiger partial charge in [0.05, 0.1) is 6.54 Å². The third kappa shape index (κ3) is 4.81.